The molecule has 0 fully saturated rings. The van der Waals surface area contributed by atoms with Crippen LogP contribution in [0.2, 0.25) is 0 Å². The Bertz CT molecular complexity index is 1390. The van der Waals surface area contributed by atoms with Crippen LogP contribution in [0.15, 0.2) is 91.1 Å². The summed E-state index contributed by atoms with van der Waals surface area (Å²) in [7, 11) is 1.63. The third-order valence-corrected chi connectivity index (χ3v) is 6.66. The van der Waals surface area contributed by atoms with Gasteiger partial charge in [0.25, 0.3) is 0 Å². The van der Waals surface area contributed by atoms with Crippen molar-refractivity contribution in [1.29, 1.82) is 0 Å². The van der Waals surface area contributed by atoms with Crippen molar-refractivity contribution in [3.8, 4) is 5.75 Å². The quantitative estimate of drug-likeness (QED) is 0.264. The smallest absolute Gasteiger partial charge is 0.247 e. The van der Waals surface area contributed by atoms with Crippen molar-refractivity contribution >= 4 is 28.8 Å². The predicted molar refractivity (Wildman–Crippen MR) is 153 cm³/mol. The molecule has 0 aliphatic carbocycles. The van der Waals surface area contributed by atoms with Crippen LogP contribution in [0.1, 0.15) is 30.5 Å². The highest BCUT2D eigenvalue weighted by molar-refractivity contribution is 5.94. The average Bonchev–Trinajstić information content (AvgIpc) is 3.36. The monoisotopic (exact) mass is 509 g/mol. The number of fused-ring (bicyclic) bond motifs is 1. The highest BCUT2D eigenvalue weighted by Gasteiger charge is 2.23. The molecule has 0 radical (unpaired) electrons. The Morgan fingerprint density at radius 1 is 0.921 bits per heavy atom. The predicted octanol–water partition coefficient (Wildman–Crippen LogP) is 5.70. The minimum absolute atomic E-state index is 0.00133. The molecule has 6 heteroatoms. The fraction of sp³-hybridized carbons (Fsp3) is 0.250. The second-order valence-electron chi connectivity index (χ2n) is 9.54. The molecular weight excluding hydrogens is 474 g/mol. The first-order chi connectivity index (χ1) is 18.5. The number of methoxy groups -OCH3 is 1. The van der Waals surface area contributed by atoms with Gasteiger partial charge in [-0.15, -0.1) is 0 Å². The number of nitrogens with one attached hydrogen (secondary N) is 1. The maximum Gasteiger partial charge on any atom is 0.247 e. The number of hydrogen-bond donors (Lipinski definition) is 1. The van der Waals surface area contributed by atoms with Crippen LogP contribution in [0.4, 0.5) is 0 Å². The molecule has 0 unspecified atom stereocenters. The lowest BCUT2D eigenvalue weighted by Crippen LogP contribution is -2.45. The number of carbonyl (C=O) groups is 2. The van der Waals surface area contributed by atoms with Crippen LogP contribution in [0.5, 0.6) is 5.75 Å². The molecule has 0 saturated carbocycles. The van der Waals surface area contributed by atoms with E-state index in [-0.39, 0.29) is 24.4 Å². The summed E-state index contributed by atoms with van der Waals surface area (Å²) in [6, 6.07) is 25.4. The maximum absolute atomic E-state index is 13.7. The molecule has 1 heterocycles. The lowest BCUT2D eigenvalue weighted by molar-refractivity contribution is -0.139. The van der Waals surface area contributed by atoms with Crippen LogP contribution in [0.25, 0.3) is 17.0 Å². The Balaban J connectivity index is 1.53. The van der Waals surface area contributed by atoms with E-state index in [4.69, 9.17) is 4.74 Å². The second-order valence-corrected chi connectivity index (χ2v) is 9.54. The zero-order valence-corrected chi connectivity index (χ0v) is 22.3. The van der Waals surface area contributed by atoms with Crippen molar-refractivity contribution in [2.24, 2.45) is 0 Å². The molecule has 0 aliphatic rings. The minimum atomic E-state index is -0.189. The van der Waals surface area contributed by atoms with Gasteiger partial charge in [-0.1, -0.05) is 66.7 Å². The van der Waals surface area contributed by atoms with Crippen molar-refractivity contribution in [2.75, 3.05) is 20.2 Å². The number of aromatic amines is 1. The average molecular weight is 510 g/mol. The normalized spacial score (nSPS) is 11.3. The molecule has 3 aromatic carbocycles. The van der Waals surface area contributed by atoms with Crippen molar-refractivity contribution in [2.45, 2.75) is 32.9 Å². The molecule has 0 aliphatic heterocycles. The third kappa shape index (κ3) is 6.71. The van der Waals surface area contributed by atoms with Gasteiger partial charge in [-0.2, -0.15) is 0 Å². The van der Waals surface area contributed by atoms with Crippen molar-refractivity contribution < 1.29 is 14.3 Å². The summed E-state index contributed by atoms with van der Waals surface area (Å²) >= 11 is 0. The maximum atomic E-state index is 13.7. The highest BCUT2D eigenvalue weighted by Crippen LogP contribution is 2.22. The number of nitrogens with zero attached hydrogens (tertiary/aromatic N) is 2. The van der Waals surface area contributed by atoms with Gasteiger partial charge in [0, 0.05) is 47.9 Å². The van der Waals surface area contributed by atoms with Gasteiger partial charge in [0.2, 0.25) is 11.8 Å². The Morgan fingerprint density at radius 2 is 1.63 bits per heavy atom. The number of hydrogen-bond acceptors (Lipinski definition) is 3. The first-order valence-electron chi connectivity index (χ1n) is 12.9. The molecule has 0 bridgehead atoms. The van der Waals surface area contributed by atoms with Gasteiger partial charge in [0.15, 0.2) is 0 Å². The molecule has 4 aromatic rings. The van der Waals surface area contributed by atoms with Gasteiger partial charge in [-0.3, -0.25) is 9.59 Å². The summed E-state index contributed by atoms with van der Waals surface area (Å²) in [6.45, 7) is 4.76. The van der Waals surface area contributed by atoms with Gasteiger partial charge in [0.1, 0.15) is 12.3 Å². The van der Waals surface area contributed by atoms with E-state index in [1.807, 2.05) is 97.7 Å². The van der Waals surface area contributed by atoms with Gasteiger partial charge >= 0.3 is 0 Å². The summed E-state index contributed by atoms with van der Waals surface area (Å²) in [5, 5.41) is 1.15. The van der Waals surface area contributed by atoms with E-state index < -0.39 is 0 Å². The molecule has 1 N–H and O–H groups in total. The van der Waals surface area contributed by atoms with Gasteiger partial charge < -0.3 is 19.5 Å². The molecule has 1 aromatic heterocycles. The minimum Gasteiger partial charge on any atom is -0.496 e. The topological polar surface area (TPSA) is 65.6 Å². The number of benzene rings is 3. The number of para-hydroxylation sites is 2. The molecule has 38 heavy (non-hydrogen) atoms. The van der Waals surface area contributed by atoms with Gasteiger partial charge in [-0.05, 0) is 49.6 Å². The van der Waals surface area contributed by atoms with Gasteiger partial charge in [0.05, 0.1) is 7.11 Å². The van der Waals surface area contributed by atoms with E-state index in [1.165, 1.54) is 0 Å². The lowest BCUT2D eigenvalue weighted by Gasteiger charge is -2.30. The molecular formula is C32H35N3O3. The Morgan fingerprint density at radius 3 is 2.39 bits per heavy atom. The third-order valence-electron chi connectivity index (χ3n) is 6.66. The molecule has 2 amide bonds. The zero-order chi connectivity index (χ0) is 26.9. The number of amides is 2. The van der Waals surface area contributed by atoms with E-state index in [9.17, 15) is 9.59 Å². The Kier molecular flexibility index (Phi) is 8.98. The van der Waals surface area contributed by atoms with E-state index in [2.05, 4.69) is 11.1 Å². The summed E-state index contributed by atoms with van der Waals surface area (Å²) in [5.74, 6) is 0.442. The standard InChI is InChI=1S/C32H35N3O3/c1-24(2)35(31(36)18-17-25-11-5-4-6-12-25)23-32(37)34(22-27-13-7-10-16-30(27)38-3)20-19-26-21-33-29-15-9-8-14-28(26)29/h4-18,21,24,33H,19-20,22-23H2,1-3H3/b18-17+. The second kappa shape index (κ2) is 12.8. The van der Waals surface area contributed by atoms with Crippen LogP contribution in [-0.4, -0.2) is 52.8 Å². The van der Waals surface area contributed by atoms with E-state index in [0.717, 1.165) is 33.3 Å². The van der Waals surface area contributed by atoms with Crippen LogP contribution >= 0.6 is 0 Å². The van der Waals surface area contributed by atoms with E-state index in [0.29, 0.717) is 19.5 Å². The SMILES string of the molecule is COc1ccccc1CN(CCc1c[nH]c2ccccc12)C(=O)CN(C(=O)/C=C/c1ccccc1)C(C)C. The van der Waals surface area contributed by atoms with E-state index >= 15 is 0 Å². The fourth-order valence-corrected chi connectivity index (χ4v) is 4.51. The number of carbonyl (C=O) groups excluding carboxylic acids is 2. The number of aromatic nitrogens is 1. The first-order valence-corrected chi connectivity index (χ1v) is 12.9. The number of H-pyrrole nitrogens is 1. The van der Waals surface area contributed by atoms with Crippen molar-refractivity contribution in [1.82, 2.24) is 14.8 Å². The van der Waals surface area contributed by atoms with Crippen LogP contribution in [0, 0.1) is 0 Å². The largest absolute Gasteiger partial charge is 0.496 e. The van der Waals surface area contributed by atoms with Crippen LogP contribution in [0.3, 0.4) is 0 Å². The van der Waals surface area contributed by atoms with E-state index in [1.54, 1.807) is 24.2 Å². The first kappa shape index (κ1) is 26.7. The molecule has 0 spiro atoms. The molecule has 196 valence electrons. The highest BCUT2D eigenvalue weighted by atomic mass is 16.5. The summed E-state index contributed by atoms with van der Waals surface area (Å²) in [4.78, 5) is 33.6. The molecule has 4 rings (SSSR count). The zero-order valence-electron chi connectivity index (χ0n) is 22.3. The summed E-state index contributed by atoms with van der Waals surface area (Å²) in [6.07, 6.45) is 6.02. The van der Waals surface area contributed by atoms with Crippen LogP contribution < -0.4 is 4.74 Å². The van der Waals surface area contributed by atoms with Crippen molar-refractivity contribution in [3.05, 3.63) is 108 Å². The Hall–Kier alpha value is -4.32. The number of ether oxygens (including phenoxy) is 1. The number of rotatable bonds is 11. The molecule has 0 atom stereocenters. The Labute approximate surface area is 224 Å². The molecule has 6 nitrogen and oxygen atoms in total. The molecule has 0 saturated heterocycles. The van der Waals surface area contributed by atoms with Crippen LogP contribution in [-0.2, 0) is 22.6 Å². The fourth-order valence-electron chi connectivity index (χ4n) is 4.51. The lowest BCUT2D eigenvalue weighted by atomic mass is 10.1. The van der Waals surface area contributed by atoms with Gasteiger partial charge in [-0.25, -0.2) is 0 Å². The van der Waals surface area contributed by atoms with Crippen molar-refractivity contribution in [3.63, 3.8) is 0 Å². The summed E-state index contributed by atoms with van der Waals surface area (Å²) in [5.41, 5.74) is 4.09. The summed E-state index contributed by atoms with van der Waals surface area (Å²) < 4.78 is 5.55.